The fourth-order valence-corrected chi connectivity index (χ4v) is 3.24. The summed E-state index contributed by atoms with van der Waals surface area (Å²) in [6.07, 6.45) is -1.61. The van der Waals surface area contributed by atoms with Crippen LogP contribution in [0.15, 0.2) is 41.2 Å². The van der Waals surface area contributed by atoms with E-state index in [1.807, 2.05) is 26.0 Å². The molecule has 1 aliphatic rings. The molecule has 1 aromatic heterocycles. The van der Waals surface area contributed by atoms with Gasteiger partial charge in [-0.2, -0.15) is 0 Å². The van der Waals surface area contributed by atoms with Crippen LogP contribution in [0.4, 0.5) is 13.2 Å². The van der Waals surface area contributed by atoms with Crippen LogP contribution in [0.2, 0.25) is 0 Å². The summed E-state index contributed by atoms with van der Waals surface area (Å²) in [7, 11) is 0. The van der Waals surface area contributed by atoms with E-state index in [0.29, 0.717) is 36.3 Å². The summed E-state index contributed by atoms with van der Waals surface area (Å²) >= 11 is 0. The molecule has 0 saturated carbocycles. The Bertz CT molecular complexity index is 951. The summed E-state index contributed by atoms with van der Waals surface area (Å²) in [5, 5.41) is 3.12. The van der Waals surface area contributed by atoms with Gasteiger partial charge in [0, 0.05) is 41.9 Å². The number of rotatable bonds is 7. The second-order valence-corrected chi connectivity index (χ2v) is 6.85. The number of benzene rings is 1. The predicted molar refractivity (Wildman–Crippen MR) is 103 cm³/mol. The van der Waals surface area contributed by atoms with Crippen molar-refractivity contribution in [3.63, 3.8) is 0 Å². The number of ether oxygens (including phenoxy) is 2. The van der Waals surface area contributed by atoms with Gasteiger partial charge >= 0.3 is 6.36 Å². The van der Waals surface area contributed by atoms with Crippen LogP contribution in [0.5, 0.6) is 5.75 Å². The van der Waals surface area contributed by atoms with Gasteiger partial charge in [-0.05, 0) is 31.6 Å². The molecule has 156 valence electrons. The van der Waals surface area contributed by atoms with Crippen molar-refractivity contribution < 1.29 is 22.6 Å². The van der Waals surface area contributed by atoms with Crippen molar-refractivity contribution in [3.8, 4) is 5.75 Å². The van der Waals surface area contributed by atoms with Gasteiger partial charge in [-0.15, -0.1) is 13.2 Å². The summed E-state index contributed by atoms with van der Waals surface area (Å²) < 4.78 is 47.6. The predicted octanol–water partition coefficient (Wildman–Crippen LogP) is 4.06. The SMILES string of the molecule is CCc1cc(C2=CCC(CNCc3ccccc3OC(F)(F)F)O2)c(C)[nH]c1=O. The van der Waals surface area contributed by atoms with Crippen molar-refractivity contribution in [1.29, 1.82) is 0 Å². The Kier molecular flexibility index (Phi) is 6.32. The zero-order valence-corrected chi connectivity index (χ0v) is 16.2. The van der Waals surface area contributed by atoms with Gasteiger partial charge in [-0.1, -0.05) is 25.1 Å². The Hall–Kier alpha value is -2.74. The largest absolute Gasteiger partial charge is 0.573 e. The Balaban J connectivity index is 1.57. The fourth-order valence-electron chi connectivity index (χ4n) is 3.24. The van der Waals surface area contributed by atoms with Crippen LogP contribution < -0.4 is 15.6 Å². The van der Waals surface area contributed by atoms with E-state index < -0.39 is 6.36 Å². The molecule has 0 spiro atoms. The molecule has 3 rings (SSSR count). The Morgan fingerprint density at radius 1 is 1.28 bits per heavy atom. The lowest BCUT2D eigenvalue weighted by molar-refractivity contribution is -0.274. The molecular weight excluding hydrogens is 385 g/mol. The number of aryl methyl sites for hydroxylation is 2. The first kappa shape index (κ1) is 21.0. The average Bonchev–Trinajstić information content (AvgIpc) is 3.11. The maximum Gasteiger partial charge on any atom is 0.573 e. The Morgan fingerprint density at radius 2 is 2.03 bits per heavy atom. The van der Waals surface area contributed by atoms with E-state index in [2.05, 4.69) is 15.0 Å². The summed E-state index contributed by atoms with van der Waals surface area (Å²) in [5.74, 6) is 0.496. The first-order valence-corrected chi connectivity index (χ1v) is 9.41. The third-order valence-corrected chi connectivity index (χ3v) is 4.71. The molecular formula is C21H23F3N2O3. The van der Waals surface area contributed by atoms with E-state index in [0.717, 1.165) is 11.3 Å². The molecule has 1 aliphatic heterocycles. The molecule has 2 N–H and O–H groups in total. The molecule has 29 heavy (non-hydrogen) atoms. The van der Waals surface area contributed by atoms with E-state index in [-0.39, 0.29) is 24.0 Å². The van der Waals surface area contributed by atoms with Crippen LogP contribution in [0, 0.1) is 6.92 Å². The number of alkyl halides is 3. The number of halogens is 3. The fraction of sp³-hybridized carbons (Fsp3) is 0.381. The normalized spacial score (nSPS) is 16.4. The maximum absolute atomic E-state index is 12.5. The lowest BCUT2D eigenvalue weighted by Crippen LogP contribution is -2.27. The number of H-pyrrole nitrogens is 1. The van der Waals surface area contributed by atoms with Crippen molar-refractivity contribution in [3.05, 3.63) is 69.1 Å². The third-order valence-electron chi connectivity index (χ3n) is 4.71. The molecule has 0 aliphatic carbocycles. The second kappa shape index (κ2) is 8.73. The quantitative estimate of drug-likeness (QED) is 0.725. The molecule has 1 unspecified atom stereocenters. The second-order valence-electron chi connectivity index (χ2n) is 6.85. The van der Waals surface area contributed by atoms with Crippen molar-refractivity contribution in [2.45, 2.75) is 45.7 Å². The van der Waals surface area contributed by atoms with Gasteiger partial charge in [0.25, 0.3) is 5.56 Å². The minimum Gasteiger partial charge on any atom is -0.488 e. The topological polar surface area (TPSA) is 63.4 Å². The van der Waals surface area contributed by atoms with Crippen molar-refractivity contribution in [2.24, 2.45) is 0 Å². The maximum atomic E-state index is 12.5. The number of hydrogen-bond acceptors (Lipinski definition) is 4. The van der Waals surface area contributed by atoms with E-state index in [1.54, 1.807) is 12.1 Å². The van der Waals surface area contributed by atoms with Gasteiger partial charge in [0.15, 0.2) is 0 Å². The molecule has 0 amide bonds. The number of hydrogen-bond donors (Lipinski definition) is 2. The van der Waals surface area contributed by atoms with Gasteiger partial charge in [-0.25, -0.2) is 0 Å². The average molecular weight is 408 g/mol. The molecule has 1 atom stereocenters. The molecule has 0 radical (unpaired) electrons. The first-order chi connectivity index (χ1) is 13.8. The highest BCUT2D eigenvalue weighted by molar-refractivity contribution is 5.63. The van der Waals surface area contributed by atoms with E-state index in [4.69, 9.17) is 4.74 Å². The Morgan fingerprint density at radius 3 is 2.76 bits per heavy atom. The molecule has 0 saturated heterocycles. The van der Waals surface area contributed by atoms with Crippen LogP contribution in [0.25, 0.3) is 5.76 Å². The highest BCUT2D eigenvalue weighted by Gasteiger charge is 2.32. The van der Waals surface area contributed by atoms with E-state index >= 15 is 0 Å². The monoisotopic (exact) mass is 408 g/mol. The lowest BCUT2D eigenvalue weighted by Gasteiger charge is -2.17. The summed E-state index contributed by atoms with van der Waals surface area (Å²) in [6, 6.07) is 7.89. The number of aromatic nitrogens is 1. The van der Waals surface area contributed by atoms with Crippen molar-refractivity contribution in [2.75, 3.05) is 6.54 Å². The van der Waals surface area contributed by atoms with Gasteiger partial charge in [0.1, 0.15) is 17.6 Å². The molecule has 2 aromatic rings. The molecule has 2 heterocycles. The number of pyridine rings is 1. The Labute approximate surface area is 166 Å². The smallest absolute Gasteiger partial charge is 0.488 e. The molecule has 0 fully saturated rings. The van der Waals surface area contributed by atoms with Crippen LogP contribution in [0.3, 0.4) is 0 Å². The van der Waals surface area contributed by atoms with Crippen molar-refractivity contribution >= 4 is 5.76 Å². The highest BCUT2D eigenvalue weighted by Crippen LogP contribution is 2.28. The van der Waals surface area contributed by atoms with Crippen LogP contribution in [-0.2, 0) is 17.7 Å². The number of para-hydroxylation sites is 1. The summed E-state index contributed by atoms with van der Waals surface area (Å²) in [5.41, 5.74) is 2.61. The van der Waals surface area contributed by atoms with Crippen molar-refractivity contribution in [1.82, 2.24) is 10.3 Å². The van der Waals surface area contributed by atoms with Crippen LogP contribution >= 0.6 is 0 Å². The molecule has 0 bridgehead atoms. The molecule has 8 heteroatoms. The van der Waals surface area contributed by atoms with Gasteiger partial charge in [0.2, 0.25) is 0 Å². The minimum atomic E-state index is -4.73. The summed E-state index contributed by atoms with van der Waals surface area (Å²) in [4.78, 5) is 14.7. The highest BCUT2D eigenvalue weighted by atomic mass is 19.4. The lowest BCUT2D eigenvalue weighted by atomic mass is 10.1. The zero-order chi connectivity index (χ0) is 21.0. The minimum absolute atomic E-state index is 0.0923. The van der Waals surface area contributed by atoms with Crippen LogP contribution in [-0.4, -0.2) is 24.0 Å². The number of aromatic amines is 1. The molecule has 5 nitrogen and oxygen atoms in total. The van der Waals surface area contributed by atoms with E-state index in [9.17, 15) is 18.0 Å². The first-order valence-electron chi connectivity index (χ1n) is 9.41. The van der Waals surface area contributed by atoms with Gasteiger partial charge in [-0.3, -0.25) is 4.79 Å². The van der Waals surface area contributed by atoms with E-state index in [1.165, 1.54) is 12.1 Å². The van der Waals surface area contributed by atoms with Gasteiger partial charge < -0.3 is 19.8 Å². The van der Waals surface area contributed by atoms with Crippen LogP contribution in [0.1, 0.15) is 35.7 Å². The summed E-state index contributed by atoms with van der Waals surface area (Å²) in [6.45, 7) is 4.42. The standard InChI is InChI=1S/C21H23F3N2O3/c1-3-14-10-17(13(2)26-20(14)27)19-9-8-16(28-19)12-25-11-15-6-4-5-7-18(15)29-21(22,23)24/h4-7,9-10,16,25H,3,8,11-12H2,1-2H3,(H,26,27). The number of nitrogens with one attached hydrogen (secondary N) is 2. The van der Waals surface area contributed by atoms with Gasteiger partial charge in [0.05, 0.1) is 0 Å². The zero-order valence-electron chi connectivity index (χ0n) is 16.2. The third kappa shape index (κ3) is 5.41. The molecule has 1 aromatic carbocycles.